The van der Waals surface area contributed by atoms with Crippen LogP contribution in [0.5, 0.6) is 0 Å². The quantitative estimate of drug-likeness (QED) is 0.500. The monoisotopic (exact) mass is 206 g/mol. The van der Waals surface area contributed by atoms with Gasteiger partial charge in [-0.3, -0.25) is 0 Å². The van der Waals surface area contributed by atoms with Crippen LogP contribution in [0.1, 0.15) is 13.8 Å². The topological polar surface area (TPSA) is 120 Å². The first-order valence-electron chi connectivity index (χ1n) is 4.14. The second-order valence-corrected chi connectivity index (χ2v) is 3.16. The van der Waals surface area contributed by atoms with Gasteiger partial charge in [0.1, 0.15) is 30.4 Å². The summed E-state index contributed by atoms with van der Waals surface area (Å²) < 4.78 is 0. The summed E-state index contributed by atoms with van der Waals surface area (Å²) in [6.07, 6.45) is -4.63. The molecule has 4 atom stereocenters. The highest BCUT2D eigenvalue weighted by atomic mass is 16.4. The van der Waals surface area contributed by atoms with Crippen LogP contribution < -0.4 is 0 Å². The van der Waals surface area contributed by atoms with Crippen molar-refractivity contribution >= 4 is 0 Å². The highest BCUT2D eigenvalue weighted by Crippen LogP contribution is 2.11. The van der Waals surface area contributed by atoms with Crippen LogP contribution in [0.2, 0.25) is 0 Å². The molecule has 7 heteroatoms. The zero-order valence-electron chi connectivity index (χ0n) is 7.94. The summed E-state index contributed by atoms with van der Waals surface area (Å²) in [6, 6.07) is -2.11. The molecule has 82 valence electrons. The molecule has 0 aliphatic heterocycles. The molecule has 0 aliphatic carbocycles. The summed E-state index contributed by atoms with van der Waals surface area (Å²) in [7, 11) is 0. The maximum Gasteiger partial charge on any atom is 0.118 e. The van der Waals surface area contributed by atoms with E-state index in [1.54, 1.807) is 0 Å². The number of hydrogen-bond donors (Lipinski definition) is 3. The Labute approximate surface area is 80.7 Å². The minimum Gasteiger partial charge on any atom is -0.388 e. The van der Waals surface area contributed by atoms with E-state index in [9.17, 15) is 25.1 Å². The van der Waals surface area contributed by atoms with Gasteiger partial charge in [-0.25, -0.2) is 0 Å². The smallest absolute Gasteiger partial charge is 0.118 e. The average molecular weight is 206 g/mol. The van der Waals surface area contributed by atoms with Gasteiger partial charge < -0.3 is 15.3 Å². The maximum atomic E-state index is 10.0. The van der Waals surface area contributed by atoms with E-state index in [1.165, 1.54) is 13.8 Å². The third-order valence-corrected chi connectivity index (χ3v) is 2.02. The zero-order chi connectivity index (χ0) is 11.3. The van der Waals surface area contributed by atoms with Crippen molar-refractivity contribution < 1.29 is 15.3 Å². The summed E-state index contributed by atoms with van der Waals surface area (Å²) in [5.74, 6) is 0. The SMILES string of the molecule is CC(N=O)C(O)C(O)C(O)C(C)N=O. The minimum absolute atomic E-state index is 1.06. The Morgan fingerprint density at radius 2 is 1.07 bits per heavy atom. The van der Waals surface area contributed by atoms with Crippen LogP contribution in [0.4, 0.5) is 0 Å². The molecule has 3 N–H and O–H groups in total. The van der Waals surface area contributed by atoms with Crippen LogP contribution in [0, 0.1) is 9.81 Å². The van der Waals surface area contributed by atoms with Crippen LogP contribution in [-0.2, 0) is 0 Å². The van der Waals surface area contributed by atoms with Gasteiger partial charge in [0.2, 0.25) is 0 Å². The number of aliphatic hydroxyl groups excluding tert-OH is 3. The lowest BCUT2D eigenvalue weighted by Crippen LogP contribution is -2.46. The summed E-state index contributed by atoms with van der Waals surface area (Å²) in [4.78, 5) is 20.0. The predicted octanol–water partition coefficient (Wildman–Crippen LogP) is -0.621. The summed E-state index contributed by atoms with van der Waals surface area (Å²) >= 11 is 0. The Bertz CT molecular complexity index is 181. The maximum absolute atomic E-state index is 10.0. The van der Waals surface area contributed by atoms with Crippen LogP contribution in [0.25, 0.3) is 0 Å². The molecule has 0 saturated carbocycles. The van der Waals surface area contributed by atoms with Crippen molar-refractivity contribution in [3.8, 4) is 0 Å². The van der Waals surface area contributed by atoms with Gasteiger partial charge in [0, 0.05) is 0 Å². The number of hydrogen-bond acceptors (Lipinski definition) is 7. The lowest BCUT2D eigenvalue weighted by molar-refractivity contribution is -0.0715. The molecule has 0 aromatic heterocycles. The molecule has 0 aliphatic rings. The van der Waals surface area contributed by atoms with E-state index < -0.39 is 30.4 Å². The van der Waals surface area contributed by atoms with E-state index in [4.69, 9.17) is 0 Å². The molecule has 0 bridgehead atoms. The number of nitrogens with zero attached hydrogens (tertiary/aromatic N) is 2. The molecule has 0 fully saturated rings. The van der Waals surface area contributed by atoms with Gasteiger partial charge >= 0.3 is 0 Å². The Morgan fingerprint density at radius 1 is 0.786 bits per heavy atom. The molecule has 7 nitrogen and oxygen atoms in total. The predicted molar refractivity (Wildman–Crippen MR) is 48.5 cm³/mol. The van der Waals surface area contributed by atoms with Crippen molar-refractivity contribution in [3.05, 3.63) is 9.81 Å². The Kier molecular flexibility index (Phi) is 5.36. The molecule has 0 spiro atoms. The van der Waals surface area contributed by atoms with Gasteiger partial charge in [0.05, 0.1) is 0 Å². The molecule has 0 heterocycles. The van der Waals surface area contributed by atoms with E-state index >= 15 is 0 Å². The molecule has 0 aromatic carbocycles. The molecule has 14 heavy (non-hydrogen) atoms. The fraction of sp³-hybridized carbons (Fsp3) is 1.00. The minimum atomic E-state index is -1.62. The standard InChI is InChI=1S/C7H14N2O5/c1-3(8-13)5(10)7(12)6(11)4(2)9-14/h3-7,10-12H,1-2H3. The molecule has 4 unspecified atom stereocenters. The summed E-state index contributed by atoms with van der Waals surface area (Å²) in [5.41, 5.74) is 0. The van der Waals surface area contributed by atoms with E-state index in [-0.39, 0.29) is 0 Å². The van der Waals surface area contributed by atoms with Crippen molar-refractivity contribution in [1.29, 1.82) is 0 Å². The van der Waals surface area contributed by atoms with Gasteiger partial charge in [0.15, 0.2) is 0 Å². The number of aliphatic hydroxyl groups is 3. The van der Waals surface area contributed by atoms with Crippen molar-refractivity contribution in [2.45, 2.75) is 44.2 Å². The van der Waals surface area contributed by atoms with Crippen LogP contribution >= 0.6 is 0 Å². The highest BCUT2D eigenvalue weighted by Gasteiger charge is 2.33. The highest BCUT2D eigenvalue weighted by molar-refractivity contribution is 4.87. The van der Waals surface area contributed by atoms with Crippen LogP contribution in [0.15, 0.2) is 10.4 Å². The summed E-state index contributed by atoms with van der Waals surface area (Å²) in [6.45, 7) is 2.57. The molecule has 0 radical (unpaired) electrons. The van der Waals surface area contributed by atoms with Gasteiger partial charge in [0.25, 0.3) is 0 Å². The number of rotatable bonds is 6. The van der Waals surface area contributed by atoms with Crippen molar-refractivity contribution in [2.75, 3.05) is 0 Å². The van der Waals surface area contributed by atoms with Crippen LogP contribution in [0.3, 0.4) is 0 Å². The molecule has 0 aromatic rings. The van der Waals surface area contributed by atoms with Crippen molar-refractivity contribution in [2.24, 2.45) is 10.4 Å². The van der Waals surface area contributed by atoms with E-state index in [2.05, 4.69) is 10.4 Å². The fourth-order valence-electron chi connectivity index (χ4n) is 0.897. The molecule has 0 saturated heterocycles. The third-order valence-electron chi connectivity index (χ3n) is 2.02. The number of nitroso groups, excluding NO2 is 2. The van der Waals surface area contributed by atoms with Gasteiger partial charge in [-0.15, -0.1) is 0 Å². The zero-order valence-corrected chi connectivity index (χ0v) is 7.94. The van der Waals surface area contributed by atoms with Gasteiger partial charge in [-0.2, -0.15) is 9.81 Å². The lowest BCUT2D eigenvalue weighted by atomic mass is 9.99. The normalized spacial score (nSPS) is 21.8. The molecular formula is C7H14N2O5. The second kappa shape index (κ2) is 5.74. The third kappa shape index (κ3) is 3.09. The lowest BCUT2D eigenvalue weighted by Gasteiger charge is -2.24. The largest absolute Gasteiger partial charge is 0.388 e. The van der Waals surface area contributed by atoms with E-state index in [0.29, 0.717) is 0 Å². The first-order valence-corrected chi connectivity index (χ1v) is 4.14. The first-order chi connectivity index (χ1) is 6.45. The second-order valence-electron chi connectivity index (χ2n) is 3.16. The van der Waals surface area contributed by atoms with E-state index in [0.717, 1.165) is 0 Å². The average Bonchev–Trinajstić information content (AvgIpc) is 2.23. The summed E-state index contributed by atoms with van der Waals surface area (Å²) in [5, 5.41) is 32.8. The van der Waals surface area contributed by atoms with Gasteiger partial charge in [-0.05, 0) is 13.8 Å². The van der Waals surface area contributed by atoms with Crippen molar-refractivity contribution in [3.63, 3.8) is 0 Å². The molecule has 0 rings (SSSR count). The fourth-order valence-corrected chi connectivity index (χ4v) is 0.897. The van der Waals surface area contributed by atoms with E-state index in [1.807, 2.05) is 0 Å². The van der Waals surface area contributed by atoms with Crippen LogP contribution in [-0.4, -0.2) is 45.7 Å². The van der Waals surface area contributed by atoms with Gasteiger partial charge in [-0.1, -0.05) is 10.4 Å². The molecular weight excluding hydrogens is 192 g/mol. The first kappa shape index (κ1) is 13.1. The molecule has 0 amide bonds. The Hall–Kier alpha value is -0.920. The Morgan fingerprint density at radius 3 is 1.29 bits per heavy atom. The Balaban J connectivity index is 4.36. The van der Waals surface area contributed by atoms with Crippen molar-refractivity contribution in [1.82, 2.24) is 0 Å².